The Bertz CT molecular complexity index is 880. The first-order valence-electron chi connectivity index (χ1n) is 6.83. The summed E-state index contributed by atoms with van der Waals surface area (Å²) in [6, 6.07) is 10.6. The summed E-state index contributed by atoms with van der Waals surface area (Å²) in [4.78, 5) is 14.9. The van der Waals surface area contributed by atoms with Crippen molar-refractivity contribution >= 4 is 22.1 Å². The molecule has 122 valence electrons. The topological polar surface area (TPSA) is 86.5 Å². The molecule has 0 saturated heterocycles. The minimum Gasteiger partial charge on any atom is -0.497 e. The van der Waals surface area contributed by atoms with Crippen molar-refractivity contribution in [2.75, 3.05) is 7.11 Å². The average Bonchev–Trinajstić information content (AvgIpc) is 2.98. The van der Waals surface area contributed by atoms with E-state index in [1.165, 1.54) is 0 Å². The molecule has 0 aliphatic heterocycles. The van der Waals surface area contributed by atoms with E-state index in [-0.39, 0.29) is 5.88 Å². The largest absolute Gasteiger partial charge is 0.512 e. The van der Waals surface area contributed by atoms with Crippen LogP contribution in [0.3, 0.4) is 0 Å². The number of benzene rings is 1. The Kier molecular flexibility index (Phi) is 4.48. The van der Waals surface area contributed by atoms with Crippen LogP contribution in [0.25, 0.3) is 16.9 Å². The smallest absolute Gasteiger partial charge is 0.497 e. The summed E-state index contributed by atoms with van der Waals surface area (Å²) in [5, 5.41) is 13.0. The van der Waals surface area contributed by atoms with Crippen molar-refractivity contribution in [2.24, 2.45) is 0 Å². The van der Waals surface area contributed by atoms with Crippen molar-refractivity contribution < 1.29 is 19.4 Å². The quantitative estimate of drug-likeness (QED) is 0.683. The summed E-state index contributed by atoms with van der Waals surface area (Å²) in [5.41, 5.74) is 2.09. The number of hydrogen-bond donors (Lipinski definition) is 1. The number of ether oxygens (including phenoxy) is 2. The molecule has 0 saturated carbocycles. The highest BCUT2D eigenvalue weighted by Crippen LogP contribution is 2.32. The number of methoxy groups -OCH3 is 1. The molecular weight excluding hydrogens is 378 g/mol. The van der Waals surface area contributed by atoms with Crippen molar-refractivity contribution in [2.45, 2.75) is 0 Å². The molecule has 0 aliphatic rings. The second-order valence-electron chi connectivity index (χ2n) is 4.74. The van der Waals surface area contributed by atoms with Crippen LogP contribution >= 0.6 is 15.9 Å². The Morgan fingerprint density at radius 2 is 2.12 bits per heavy atom. The zero-order valence-corrected chi connectivity index (χ0v) is 14.1. The third kappa shape index (κ3) is 3.38. The predicted octanol–water partition coefficient (Wildman–Crippen LogP) is 3.76. The first kappa shape index (κ1) is 16.0. The van der Waals surface area contributed by atoms with Crippen LogP contribution in [0.15, 0.2) is 53.3 Å². The summed E-state index contributed by atoms with van der Waals surface area (Å²) >= 11 is 3.43. The van der Waals surface area contributed by atoms with Gasteiger partial charge in [0.15, 0.2) is 0 Å². The zero-order valence-electron chi connectivity index (χ0n) is 12.5. The molecule has 3 rings (SSSR count). The van der Waals surface area contributed by atoms with Gasteiger partial charge in [0.25, 0.3) is 0 Å². The van der Waals surface area contributed by atoms with Gasteiger partial charge in [-0.3, -0.25) is 4.98 Å². The molecule has 1 aromatic carbocycles. The molecule has 2 aromatic heterocycles. The molecule has 1 N–H and O–H groups in total. The second-order valence-corrected chi connectivity index (χ2v) is 5.65. The van der Waals surface area contributed by atoms with Crippen LogP contribution in [0.5, 0.6) is 11.6 Å². The standard InChI is InChI=1S/C16H12BrN3O4/c1-23-13-6-10(5-11(17)7-13)14-8-15(24-16(21)22)19-20(14)12-3-2-4-18-9-12/h2-9H,1H3,(H,21,22). The number of halogens is 1. The second kappa shape index (κ2) is 6.71. The summed E-state index contributed by atoms with van der Waals surface area (Å²) in [6.45, 7) is 0. The van der Waals surface area contributed by atoms with Crippen molar-refractivity contribution in [3.63, 3.8) is 0 Å². The van der Waals surface area contributed by atoms with Crippen LogP contribution in [0.1, 0.15) is 0 Å². The number of rotatable bonds is 4. The van der Waals surface area contributed by atoms with Crippen molar-refractivity contribution in [1.29, 1.82) is 0 Å². The number of hydrogen-bond acceptors (Lipinski definition) is 5. The minimum absolute atomic E-state index is 0.0275. The first-order valence-corrected chi connectivity index (χ1v) is 7.62. The Morgan fingerprint density at radius 3 is 2.79 bits per heavy atom. The minimum atomic E-state index is -1.43. The van der Waals surface area contributed by atoms with E-state index in [0.29, 0.717) is 17.1 Å². The van der Waals surface area contributed by atoms with Crippen LogP contribution in [0.2, 0.25) is 0 Å². The molecule has 0 fully saturated rings. The van der Waals surface area contributed by atoms with Crippen LogP contribution in [0.4, 0.5) is 4.79 Å². The van der Waals surface area contributed by atoms with Gasteiger partial charge in [-0.05, 0) is 30.3 Å². The lowest BCUT2D eigenvalue weighted by atomic mass is 10.1. The van der Waals surface area contributed by atoms with Crippen molar-refractivity contribution in [3.8, 4) is 28.6 Å². The van der Waals surface area contributed by atoms with E-state index in [9.17, 15) is 4.79 Å². The van der Waals surface area contributed by atoms with Gasteiger partial charge in [-0.25, -0.2) is 9.48 Å². The Hall–Kier alpha value is -2.87. The maximum absolute atomic E-state index is 10.8. The van der Waals surface area contributed by atoms with Gasteiger partial charge in [0.1, 0.15) is 5.75 Å². The summed E-state index contributed by atoms with van der Waals surface area (Å²) < 4.78 is 12.3. The van der Waals surface area contributed by atoms with Gasteiger partial charge in [-0.1, -0.05) is 15.9 Å². The number of pyridine rings is 1. The highest BCUT2D eigenvalue weighted by Gasteiger charge is 2.16. The van der Waals surface area contributed by atoms with Crippen LogP contribution < -0.4 is 9.47 Å². The molecule has 3 aromatic rings. The lowest BCUT2D eigenvalue weighted by Gasteiger charge is -2.09. The SMILES string of the molecule is COc1cc(Br)cc(-c2cc(OC(=O)O)nn2-c2cccnc2)c1. The highest BCUT2D eigenvalue weighted by molar-refractivity contribution is 9.10. The molecule has 0 spiro atoms. The number of carbonyl (C=O) groups is 1. The molecule has 0 atom stereocenters. The molecule has 0 amide bonds. The van der Waals surface area contributed by atoms with E-state index >= 15 is 0 Å². The summed E-state index contributed by atoms with van der Waals surface area (Å²) in [5.74, 6) is 0.624. The van der Waals surface area contributed by atoms with Gasteiger partial charge >= 0.3 is 6.16 Å². The maximum Gasteiger partial charge on any atom is 0.512 e. The zero-order chi connectivity index (χ0) is 17.1. The fourth-order valence-electron chi connectivity index (χ4n) is 2.21. The van der Waals surface area contributed by atoms with Crippen molar-refractivity contribution in [3.05, 3.63) is 53.3 Å². The van der Waals surface area contributed by atoms with Gasteiger partial charge in [0, 0.05) is 22.3 Å². The Labute approximate surface area is 145 Å². The third-order valence-electron chi connectivity index (χ3n) is 3.17. The van der Waals surface area contributed by atoms with E-state index in [4.69, 9.17) is 9.84 Å². The molecule has 0 unspecified atom stereocenters. The predicted molar refractivity (Wildman–Crippen MR) is 89.7 cm³/mol. The fraction of sp³-hybridized carbons (Fsp3) is 0.0625. The fourth-order valence-corrected chi connectivity index (χ4v) is 2.68. The molecule has 7 nitrogen and oxygen atoms in total. The van der Waals surface area contributed by atoms with Gasteiger partial charge < -0.3 is 14.6 Å². The van der Waals surface area contributed by atoms with E-state index < -0.39 is 6.16 Å². The first-order chi connectivity index (χ1) is 11.6. The van der Waals surface area contributed by atoms with Gasteiger partial charge in [0.05, 0.1) is 24.7 Å². The number of nitrogens with zero attached hydrogens (tertiary/aromatic N) is 3. The summed E-state index contributed by atoms with van der Waals surface area (Å²) in [6.07, 6.45) is 1.84. The van der Waals surface area contributed by atoms with Crippen molar-refractivity contribution in [1.82, 2.24) is 14.8 Å². The summed E-state index contributed by atoms with van der Waals surface area (Å²) in [7, 11) is 1.57. The molecule has 0 aliphatic carbocycles. The third-order valence-corrected chi connectivity index (χ3v) is 3.63. The lowest BCUT2D eigenvalue weighted by Crippen LogP contribution is -2.04. The highest BCUT2D eigenvalue weighted by atomic mass is 79.9. The van der Waals surface area contributed by atoms with Crippen LogP contribution in [-0.4, -0.2) is 33.1 Å². The van der Waals surface area contributed by atoms with Gasteiger partial charge in [-0.15, -0.1) is 5.10 Å². The van der Waals surface area contributed by atoms with E-state index in [1.54, 1.807) is 36.3 Å². The van der Waals surface area contributed by atoms with Gasteiger partial charge in [-0.2, -0.15) is 0 Å². The Morgan fingerprint density at radius 1 is 1.29 bits per heavy atom. The molecule has 0 radical (unpaired) electrons. The maximum atomic E-state index is 10.8. The molecular formula is C16H12BrN3O4. The normalized spacial score (nSPS) is 10.4. The molecule has 8 heteroatoms. The number of aromatic nitrogens is 3. The van der Waals surface area contributed by atoms with Crippen LogP contribution in [-0.2, 0) is 0 Å². The average molecular weight is 390 g/mol. The van der Waals surface area contributed by atoms with Crippen LogP contribution in [0, 0.1) is 0 Å². The number of carboxylic acid groups (broad SMARTS) is 1. The van der Waals surface area contributed by atoms with E-state index in [2.05, 4.69) is 30.7 Å². The lowest BCUT2D eigenvalue weighted by molar-refractivity contribution is 0.142. The molecule has 0 bridgehead atoms. The van der Waals surface area contributed by atoms with Gasteiger partial charge in [0.2, 0.25) is 5.88 Å². The van der Waals surface area contributed by atoms with E-state index in [0.717, 1.165) is 10.0 Å². The molecule has 2 heterocycles. The monoisotopic (exact) mass is 389 g/mol. The molecule has 24 heavy (non-hydrogen) atoms. The Balaban J connectivity index is 2.17. The van der Waals surface area contributed by atoms with E-state index in [1.807, 2.05) is 24.3 Å².